The quantitative estimate of drug-likeness (QED) is 0.373. The molecule has 0 unspecified atom stereocenters. The number of hydrogen-bond donors (Lipinski definition) is 3. The highest BCUT2D eigenvalue weighted by molar-refractivity contribution is 6.04. The van der Waals surface area contributed by atoms with Gasteiger partial charge in [-0.3, -0.25) is 14.6 Å². The molecule has 4 rings (SSSR count). The Hall–Kier alpha value is -4.72. The predicted molar refractivity (Wildman–Crippen MR) is 134 cm³/mol. The average molecular weight is 453 g/mol. The maximum Gasteiger partial charge on any atom is 0.255 e. The molecule has 4 aromatic rings. The van der Waals surface area contributed by atoms with Crippen LogP contribution >= 0.6 is 0 Å². The van der Waals surface area contributed by atoms with Crippen LogP contribution in [-0.4, -0.2) is 40.8 Å². The molecule has 8 heteroatoms. The number of nitrogens with one attached hydrogen (secondary N) is 2. The van der Waals surface area contributed by atoms with Gasteiger partial charge in [0.15, 0.2) is 0 Å². The number of carbonyl (C=O) groups is 2. The lowest BCUT2D eigenvalue weighted by Gasteiger charge is -2.11. The predicted octanol–water partition coefficient (Wildman–Crippen LogP) is 4.42. The number of hydrogen-bond acceptors (Lipinski definition) is 6. The van der Waals surface area contributed by atoms with Gasteiger partial charge in [0.2, 0.25) is 0 Å². The first-order chi connectivity index (χ1) is 16.4. The van der Waals surface area contributed by atoms with Crippen LogP contribution in [0.3, 0.4) is 0 Å². The normalized spacial score (nSPS) is 10.4. The van der Waals surface area contributed by atoms with Crippen LogP contribution in [0.2, 0.25) is 0 Å². The third kappa shape index (κ3) is 5.36. The Morgan fingerprint density at radius 3 is 2.24 bits per heavy atom. The van der Waals surface area contributed by atoms with Crippen molar-refractivity contribution in [3.8, 4) is 11.1 Å². The van der Waals surface area contributed by atoms with E-state index >= 15 is 0 Å². The number of carbonyl (C=O) groups excluding carboxylic acids is 2. The molecule has 4 N–H and O–H groups in total. The molecule has 0 aliphatic heterocycles. The van der Waals surface area contributed by atoms with E-state index in [4.69, 9.17) is 5.73 Å². The molecular weight excluding hydrogens is 428 g/mol. The maximum absolute atomic E-state index is 12.5. The van der Waals surface area contributed by atoms with Gasteiger partial charge in [-0.1, -0.05) is 18.2 Å². The molecule has 0 atom stereocenters. The number of aromatic nitrogens is 2. The minimum absolute atomic E-state index is 0.0378. The lowest BCUT2D eigenvalue weighted by molar-refractivity contribution is 0.0827. The molecule has 0 aliphatic carbocycles. The van der Waals surface area contributed by atoms with Crippen molar-refractivity contribution in [1.29, 1.82) is 0 Å². The second-order valence-electron chi connectivity index (χ2n) is 7.88. The van der Waals surface area contributed by atoms with Gasteiger partial charge in [-0.2, -0.15) is 0 Å². The number of rotatable bonds is 6. The lowest BCUT2D eigenvalue weighted by Crippen LogP contribution is -2.21. The highest BCUT2D eigenvalue weighted by atomic mass is 16.2. The Morgan fingerprint density at radius 1 is 0.824 bits per heavy atom. The minimum Gasteiger partial charge on any atom is -0.399 e. The summed E-state index contributed by atoms with van der Waals surface area (Å²) < 4.78 is 0. The Morgan fingerprint density at radius 2 is 1.56 bits per heavy atom. The van der Waals surface area contributed by atoms with Gasteiger partial charge < -0.3 is 21.3 Å². The number of pyridine rings is 2. The summed E-state index contributed by atoms with van der Waals surface area (Å²) in [5.74, 6) is 0.320. The van der Waals surface area contributed by atoms with Crippen molar-refractivity contribution in [3.05, 3.63) is 96.4 Å². The summed E-state index contributed by atoms with van der Waals surface area (Å²) in [6.45, 7) is 0. The average Bonchev–Trinajstić information content (AvgIpc) is 2.84. The number of nitrogen functional groups attached to an aromatic ring is 1. The fourth-order valence-corrected chi connectivity index (χ4v) is 3.31. The van der Waals surface area contributed by atoms with Crippen molar-refractivity contribution in [3.63, 3.8) is 0 Å². The van der Waals surface area contributed by atoms with Gasteiger partial charge in [0.25, 0.3) is 11.8 Å². The zero-order valence-electron chi connectivity index (χ0n) is 18.8. The van der Waals surface area contributed by atoms with E-state index in [1.54, 1.807) is 80.1 Å². The lowest BCUT2D eigenvalue weighted by atomic mass is 10.1. The van der Waals surface area contributed by atoms with E-state index < -0.39 is 0 Å². The Labute approximate surface area is 197 Å². The van der Waals surface area contributed by atoms with E-state index in [0.29, 0.717) is 34.0 Å². The van der Waals surface area contributed by atoms with Crippen molar-refractivity contribution in [2.45, 2.75) is 0 Å². The van der Waals surface area contributed by atoms with Gasteiger partial charge >= 0.3 is 0 Å². The topological polar surface area (TPSA) is 113 Å². The van der Waals surface area contributed by atoms with Crippen molar-refractivity contribution < 1.29 is 9.59 Å². The van der Waals surface area contributed by atoms with Gasteiger partial charge in [0.1, 0.15) is 5.82 Å². The van der Waals surface area contributed by atoms with Crippen LogP contribution < -0.4 is 16.4 Å². The first-order valence-corrected chi connectivity index (χ1v) is 10.6. The molecule has 0 aliphatic rings. The molecule has 0 bridgehead atoms. The van der Waals surface area contributed by atoms with E-state index in [0.717, 1.165) is 11.1 Å². The van der Waals surface area contributed by atoms with Crippen LogP contribution in [0, 0.1) is 0 Å². The highest BCUT2D eigenvalue weighted by Crippen LogP contribution is 2.23. The standard InChI is InChI=1S/C26H24N6O2/c1-32(2)26(34)18-8-6-17(7-9-18)20-10-11-24(29-14-20)30-22-13-23(16-28-15-22)31-25(33)19-4-3-5-21(27)12-19/h3-16H,27H2,1-2H3,(H,29,30)(H,31,33). The first kappa shape index (κ1) is 22.5. The van der Waals surface area contributed by atoms with Crippen LogP contribution in [0.5, 0.6) is 0 Å². The largest absolute Gasteiger partial charge is 0.399 e. The van der Waals surface area contributed by atoms with E-state index in [-0.39, 0.29) is 11.8 Å². The molecule has 8 nitrogen and oxygen atoms in total. The van der Waals surface area contributed by atoms with Crippen molar-refractivity contribution in [2.75, 3.05) is 30.5 Å². The van der Waals surface area contributed by atoms with Gasteiger partial charge in [-0.25, -0.2) is 4.98 Å². The van der Waals surface area contributed by atoms with Crippen LogP contribution in [0.1, 0.15) is 20.7 Å². The number of amides is 2. The molecule has 0 radical (unpaired) electrons. The van der Waals surface area contributed by atoms with Crippen molar-refractivity contribution in [1.82, 2.24) is 14.9 Å². The number of anilines is 4. The summed E-state index contributed by atoms with van der Waals surface area (Å²) in [5, 5.41) is 6.00. The van der Waals surface area contributed by atoms with E-state index in [9.17, 15) is 9.59 Å². The molecule has 0 spiro atoms. The summed E-state index contributed by atoms with van der Waals surface area (Å²) in [7, 11) is 3.45. The smallest absolute Gasteiger partial charge is 0.255 e. The number of benzene rings is 2. The van der Waals surface area contributed by atoms with Crippen LogP contribution in [0.15, 0.2) is 85.3 Å². The fourth-order valence-electron chi connectivity index (χ4n) is 3.31. The second-order valence-corrected chi connectivity index (χ2v) is 7.88. The first-order valence-electron chi connectivity index (χ1n) is 10.6. The van der Waals surface area contributed by atoms with Gasteiger partial charge in [0, 0.05) is 42.7 Å². The number of nitrogens with two attached hydrogens (primary N) is 1. The molecular formula is C26H24N6O2. The molecule has 2 heterocycles. The molecule has 2 amide bonds. The molecule has 170 valence electrons. The molecule has 34 heavy (non-hydrogen) atoms. The Kier molecular flexibility index (Phi) is 6.49. The van der Waals surface area contributed by atoms with E-state index in [1.807, 2.05) is 24.3 Å². The van der Waals surface area contributed by atoms with Gasteiger partial charge in [-0.15, -0.1) is 0 Å². The van der Waals surface area contributed by atoms with Crippen LogP contribution in [-0.2, 0) is 0 Å². The van der Waals surface area contributed by atoms with Crippen LogP contribution in [0.4, 0.5) is 22.9 Å². The van der Waals surface area contributed by atoms with Crippen molar-refractivity contribution in [2.24, 2.45) is 0 Å². The Balaban J connectivity index is 1.42. The maximum atomic E-state index is 12.5. The van der Waals surface area contributed by atoms with E-state index in [2.05, 4.69) is 20.6 Å². The van der Waals surface area contributed by atoms with Crippen molar-refractivity contribution >= 4 is 34.7 Å². The highest BCUT2D eigenvalue weighted by Gasteiger charge is 2.09. The Bertz CT molecular complexity index is 1320. The van der Waals surface area contributed by atoms with E-state index in [1.165, 1.54) is 0 Å². The summed E-state index contributed by atoms with van der Waals surface area (Å²) in [6, 6.07) is 19.7. The molecule has 0 saturated heterocycles. The third-order valence-electron chi connectivity index (χ3n) is 5.05. The SMILES string of the molecule is CN(C)C(=O)c1ccc(-c2ccc(Nc3cncc(NC(=O)c4cccc(N)c4)c3)nc2)cc1. The van der Waals surface area contributed by atoms with Gasteiger partial charge in [-0.05, 0) is 54.1 Å². The summed E-state index contributed by atoms with van der Waals surface area (Å²) in [5.41, 5.74) is 10.5. The zero-order valence-corrected chi connectivity index (χ0v) is 18.8. The third-order valence-corrected chi connectivity index (χ3v) is 5.05. The van der Waals surface area contributed by atoms with Gasteiger partial charge in [0.05, 0.1) is 23.8 Å². The fraction of sp³-hybridized carbons (Fsp3) is 0.0769. The zero-order chi connectivity index (χ0) is 24.1. The molecule has 2 aromatic heterocycles. The molecule has 2 aromatic carbocycles. The summed E-state index contributed by atoms with van der Waals surface area (Å²) >= 11 is 0. The monoisotopic (exact) mass is 452 g/mol. The second kappa shape index (κ2) is 9.83. The minimum atomic E-state index is -0.271. The number of nitrogens with zero attached hydrogens (tertiary/aromatic N) is 3. The summed E-state index contributed by atoms with van der Waals surface area (Å²) in [4.78, 5) is 34.7. The molecule has 0 fully saturated rings. The van der Waals surface area contributed by atoms with Crippen LogP contribution in [0.25, 0.3) is 11.1 Å². The summed E-state index contributed by atoms with van der Waals surface area (Å²) in [6.07, 6.45) is 4.97. The molecule has 0 saturated carbocycles.